The topological polar surface area (TPSA) is 58.6 Å². The molecule has 0 aliphatic carbocycles. The monoisotopic (exact) mass is 300 g/mol. The molecule has 1 aliphatic rings. The first kappa shape index (κ1) is 12.0. The molecule has 6 heteroatoms. The number of ether oxygens (including phenoxy) is 1. The summed E-state index contributed by atoms with van der Waals surface area (Å²) < 4.78 is 5.97. The maximum absolute atomic E-state index is 11.8. The zero-order valence-electron chi connectivity index (χ0n) is 9.30. The van der Waals surface area contributed by atoms with Crippen LogP contribution in [0.4, 0.5) is 9.59 Å². The fraction of sp³-hybridized carbons (Fsp3) is 0.273. The number of methoxy groups -OCH3 is 1. The van der Waals surface area contributed by atoms with E-state index in [1.54, 1.807) is 7.11 Å². The Bertz CT molecular complexity index is 433. The minimum atomic E-state index is -0.367. The Morgan fingerprint density at radius 3 is 2.65 bits per heavy atom. The zero-order valence-corrected chi connectivity index (χ0v) is 11.0. The number of nitrogens with one attached hydrogen (secondary N) is 1. The third-order valence-electron chi connectivity index (χ3n) is 2.34. The number of carbonyl (C=O) groups is 2. The molecule has 0 aromatic heterocycles. The van der Waals surface area contributed by atoms with Gasteiger partial charge in [0.05, 0.1) is 0 Å². The molecule has 1 aromatic carbocycles. The van der Waals surface area contributed by atoms with Crippen molar-refractivity contribution in [3.8, 4) is 5.75 Å². The van der Waals surface area contributed by atoms with Crippen molar-refractivity contribution in [2.24, 2.45) is 0 Å². The van der Waals surface area contributed by atoms with Crippen LogP contribution in [0.15, 0.2) is 24.3 Å². The summed E-state index contributed by atoms with van der Waals surface area (Å²) in [6, 6.07) is 7.04. The molecule has 2 rings (SSSR count). The molecular weight excluding hydrogens is 287 g/mol. The van der Waals surface area contributed by atoms with Crippen LogP contribution < -0.4 is 14.5 Å². The fourth-order valence-corrected chi connectivity index (χ4v) is 3.04. The Labute approximate surface area is 105 Å². The van der Waals surface area contributed by atoms with Crippen LogP contribution in [0, 0.1) is 0 Å². The van der Waals surface area contributed by atoms with Gasteiger partial charge in [-0.25, -0.2) is 0 Å². The SMILES string of the molecule is COc1ccc([Se]C(=O)N2CCNC2=O)cc1. The number of hydrogen-bond acceptors (Lipinski definition) is 3. The van der Waals surface area contributed by atoms with E-state index in [9.17, 15) is 9.59 Å². The Kier molecular flexibility index (Phi) is 3.66. The second-order valence-electron chi connectivity index (χ2n) is 3.43. The minimum absolute atomic E-state index is 0.113. The summed E-state index contributed by atoms with van der Waals surface area (Å²) in [4.78, 5) is 24.3. The summed E-state index contributed by atoms with van der Waals surface area (Å²) in [6.45, 7) is 1.01. The average molecular weight is 299 g/mol. The third-order valence-corrected chi connectivity index (χ3v) is 4.24. The molecule has 1 saturated heterocycles. The quantitative estimate of drug-likeness (QED) is 0.810. The van der Waals surface area contributed by atoms with E-state index in [1.807, 2.05) is 24.3 Å². The summed E-state index contributed by atoms with van der Waals surface area (Å²) in [5, 5.41) is 2.61. The standard InChI is InChI=1S/C11H12N2O3Se/c1-16-8-2-4-9(5-3-8)17-11(15)13-7-6-12-10(13)14/h2-5H,6-7H2,1H3,(H,12,14). The van der Waals surface area contributed by atoms with Gasteiger partial charge in [-0.2, -0.15) is 0 Å². The molecule has 1 heterocycles. The number of imide groups is 1. The van der Waals surface area contributed by atoms with Gasteiger partial charge in [-0.1, -0.05) is 0 Å². The maximum atomic E-state index is 11.8. The Hall–Kier alpha value is -1.52. The molecule has 17 heavy (non-hydrogen) atoms. The van der Waals surface area contributed by atoms with Crippen LogP contribution >= 0.6 is 0 Å². The normalized spacial score (nSPS) is 14.6. The summed E-state index contributed by atoms with van der Waals surface area (Å²) in [6.07, 6.45) is 0. The molecule has 0 unspecified atom stereocenters. The average Bonchev–Trinajstić information content (AvgIpc) is 2.76. The number of rotatable bonds is 3. The van der Waals surface area contributed by atoms with Crippen molar-refractivity contribution in [1.29, 1.82) is 0 Å². The van der Waals surface area contributed by atoms with Gasteiger partial charge in [0.2, 0.25) is 0 Å². The Morgan fingerprint density at radius 2 is 2.12 bits per heavy atom. The van der Waals surface area contributed by atoms with Crippen molar-refractivity contribution in [1.82, 2.24) is 10.2 Å². The molecule has 0 radical (unpaired) electrons. The number of urea groups is 1. The van der Waals surface area contributed by atoms with E-state index in [0.29, 0.717) is 13.1 Å². The van der Waals surface area contributed by atoms with Crippen molar-refractivity contribution >= 4 is 30.3 Å². The van der Waals surface area contributed by atoms with Gasteiger partial charge < -0.3 is 0 Å². The van der Waals surface area contributed by atoms with E-state index in [1.165, 1.54) is 4.90 Å². The molecule has 0 bridgehead atoms. The van der Waals surface area contributed by atoms with E-state index in [4.69, 9.17) is 4.74 Å². The van der Waals surface area contributed by atoms with E-state index in [2.05, 4.69) is 5.32 Å². The van der Waals surface area contributed by atoms with Gasteiger partial charge in [-0.15, -0.1) is 0 Å². The Morgan fingerprint density at radius 1 is 1.41 bits per heavy atom. The summed E-state index contributed by atoms with van der Waals surface area (Å²) >= 11 is -0.367. The van der Waals surface area contributed by atoms with Crippen LogP contribution in [0.1, 0.15) is 0 Å². The summed E-state index contributed by atoms with van der Waals surface area (Å²) in [5.41, 5.74) is 0. The van der Waals surface area contributed by atoms with Gasteiger partial charge in [0.25, 0.3) is 0 Å². The second-order valence-corrected chi connectivity index (χ2v) is 5.58. The van der Waals surface area contributed by atoms with Crippen molar-refractivity contribution in [3.05, 3.63) is 24.3 Å². The van der Waals surface area contributed by atoms with E-state index in [0.717, 1.165) is 10.2 Å². The first-order valence-electron chi connectivity index (χ1n) is 5.12. The third kappa shape index (κ3) is 2.78. The summed E-state index contributed by atoms with van der Waals surface area (Å²) in [5.74, 6) is 0.760. The molecule has 5 nitrogen and oxygen atoms in total. The molecular formula is C11H12N2O3Se. The summed E-state index contributed by atoms with van der Waals surface area (Å²) in [7, 11) is 1.60. The van der Waals surface area contributed by atoms with E-state index >= 15 is 0 Å². The van der Waals surface area contributed by atoms with Gasteiger partial charge in [0, 0.05) is 0 Å². The van der Waals surface area contributed by atoms with Crippen LogP contribution in [-0.4, -0.2) is 50.9 Å². The van der Waals surface area contributed by atoms with Crippen molar-refractivity contribution in [3.63, 3.8) is 0 Å². The first-order valence-corrected chi connectivity index (χ1v) is 6.83. The fourth-order valence-electron chi connectivity index (χ4n) is 1.45. The number of carbonyl (C=O) groups excluding carboxylic acids is 2. The molecule has 0 atom stereocenters. The number of nitrogens with zero attached hydrogens (tertiary/aromatic N) is 1. The Balaban J connectivity index is 2.00. The van der Waals surface area contributed by atoms with E-state index in [-0.39, 0.29) is 25.8 Å². The molecule has 0 saturated carbocycles. The number of benzene rings is 1. The van der Waals surface area contributed by atoms with Crippen molar-refractivity contribution in [2.75, 3.05) is 20.2 Å². The predicted octanol–water partition coefficient (Wildman–Crippen LogP) is 0.170. The predicted molar refractivity (Wildman–Crippen MR) is 63.9 cm³/mol. The van der Waals surface area contributed by atoms with Crippen LogP contribution in [0.5, 0.6) is 5.75 Å². The zero-order chi connectivity index (χ0) is 12.3. The molecule has 0 spiro atoms. The second kappa shape index (κ2) is 5.21. The van der Waals surface area contributed by atoms with Crippen molar-refractivity contribution in [2.45, 2.75) is 0 Å². The van der Waals surface area contributed by atoms with Crippen LogP contribution in [0.2, 0.25) is 0 Å². The first-order chi connectivity index (χ1) is 8.20. The number of amides is 3. The van der Waals surface area contributed by atoms with Crippen LogP contribution in [0.25, 0.3) is 0 Å². The number of hydrogen-bond donors (Lipinski definition) is 1. The van der Waals surface area contributed by atoms with Gasteiger partial charge in [0.15, 0.2) is 0 Å². The van der Waals surface area contributed by atoms with E-state index < -0.39 is 0 Å². The van der Waals surface area contributed by atoms with Crippen LogP contribution in [0.3, 0.4) is 0 Å². The van der Waals surface area contributed by atoms with Gasteiger partial charge in [-0.3, -0.25) is 0 Å². The molecule has 90 valence electrons. The van der Waals surface area contributed by atoms with Crippen molar-refractivity contribution < 1.29 is 14.3 Å². The van der Waals surface area contributed by atoms with Gasteiger partial charge >= 0.3 is 105 Å². The molecule has 3 amide bonds. The van der Waals surface area contributed by atoms with Gasteiger partial charge in [0.1, 0.15) is 0 Å². The molecule has 1 aliphatic heterocycles. The van der Waals surface area contributed by atoms with Gasteiger partial charge in [-0.05, 0) is 0 Å². The molecule has 1 N–H and O–H groups in total. The molecule has 1 aromatic rings. The molecule has 1 fully saturated rings. The van der Waals surface area contributed by atoms with Crippen LogP contribution in [-0.2, 0) is 0 Å².